The molecule has 118 valence electrons. The van der Waals surface area contributed by atoms with E-state index in [0.29, 0.717) is 12.2 Å². The predicted octanol–water partition coefficient (Wildman–Crippen LogP) is 0.564. The maximum Gasteiger partial charge on any atom is 0.272 e. The number of hydrogen-bond acceptors (Lipinski definition) is 5. The molecule has 1 aliphatic heterocycles. The summed E-state index contributed by atoms with van der Waals surface area (Å²) in [6.07, 6.45) is 5.41. The first-order chi connectivity index (χ1) is 11.3. The molecule has 0 radical (unpaired) electrons. The van der Waals surface area contributed by atoms with E-state index in [2.05, 4.69) is 31.3 Å². The van der Waals surface area contributed by atoms with E-state index in [4.69, 9.17) is 0 Å². The van der Waals surface area contributed by atoms with Crippen molar-refractivity contribution in [3.8, 4) is 0 Å². The monoisotopic (exact) mass is 310 g/mol. The van der Waals surface area contributed by atoms with Gasteiger partial charge in [0.1, 0.15) is 0 Å². The van der Waals surface area contributed by atoms with Crippen LogP contribution in [0.5, 0.6) is 0 Å². The van der Waals surface area contributed by atoms with Gasteiger partial charge in [0, 0.05) is 62.9 Å². The Morgan fingerprint density at radius 3 is 3.17 bits per heavy atom. The van der Waals surface area contributed by atoms with Gasteiger partial charge in [-0.3, -0.25) is 19.8 Å². The Kier molecular flexibility index (Phi) is 3.64. The van der Waals surface area contributed by atoms with Gasteiger partial charge in [-0.2, -0.15) is 0 Å². The number of hydrogen-bond donors (Lipinski definition) is 2. The second-order valence-corrected chi connectivity index (χ2v) is 5.72. The van der Waals surface area contributed by atoms with Gasteiger partial charge in [0.2, 0.25) is 0 Å². The van der Waals surface area contributed by atoms with Crippen molar-refractivity contribution in [2.45, 2.75) is 12.6 Å². The summed E-state index contributed by atoms with van der Waals surface area (Å²) < 4.78 is 1.44. The van der Waals surface area contributed by atoms with Crippen molar-refractivity contribution in [3.63, 3.8) is 0 Å². The summed E-state index contributed by atoms with van der Waals surface area (Å²) in [6, 6.07) is 7.70. The van der Waals surface area contributed by atoms with E-state index >= 15 is 0 Å². The van der Waals surface area contributed by atoms with Gasteiger partial charge in [-0.25, -0.2) is 9.50 Å². The molecule has 0 aromatic carbocycles. The number of aromatic amines is 1. The first-order valence-corrected chi connectivity index (χ1v) is 7.72. The summed E-state index contributed by atoms with van der Waals surface area (Å²) in [5.74, 6) is 0. The van der Waals surface area contributed by atoms with Crippen molar-refractivity contribution in [2.24, 2.45) is 0 Å². The number of fused-ring (bicyclic) bond motifs is 1. The molecule has 4 heterocycles. The van der Waals surface area contributed by atoms with Gasteiger partial charge in [0.25, 0.3) is 5.56 Å². The number of aromatic nitrogens is 4. The smallest absolute Gasteiger partial charge is 0.272 e. The zero-order valence-corrected chi connectivity index (χ0v) is 12.6. The normalized spacial score (nSPS) is 19.2. The molecule has 1 saturated heterocycles. The molecule has 0 bridgehead atoms. The molecule has 1 aliphatic rings. The second kappa shape index (κ2) is 5.94. The van der Waals surface area contributed by atoms with Crippen LogP contribution in [0.4, 0.5) is 0 Å². The molecule has 0 amide bonds. The molecule has 1 atom stereocenters. The van der Waals surface area contributed by atoms with Crippen LogP contribution in [0.1, 0.15) is 17.3 Å². The quantitative estimate of drug-likeness (QED) is 0.739. The number of H-pyrrole nitrogens is 1. The van der Waals surface area contributed by atoms with Gasteiger partial charge in [0.05, 0.1) is 5.69 Å². The lowest BCUT2D eigenvalue weighted by atomic mass is 10.1. The molecule has 23 heavy (non-hydrogen) atoms. The average molecular weight is 310 g/mol. The third kappa shape index (κ3) is 2.76. The van der Waals surface area contributed by atoms with E-state index in [1.54, 1.807) is 24.5 Å². The van der Waals surface area contributed by atoms with Gasteiger partial charge >= 0.3 is 0 Å². The molecule has 7 heteroatoms. The Balaban J connectivity index is 1.63. The van der Waals surface area contributed by atoms with E-state index in [0.717, 1.165) is 25.3 Å². The van der Waals surface area contributed by atoms with Crippen LogP contribution < -0.4 is 10.9 Å². The molecule has 7 nitrogen and oxygen atoms in total. The van der Waals surface area contributed by atoms with Gasteiger partial charge in [-0.1, -0.05) is 6.07 Å². The predicted molar refractivity (Wildman–Crippen MR) is 86.1 cm³/mol. The fourth-order valence-corrected chi connectivity index (χ4v) is 3.10. The second-order valence-electron chi connectivity index (χ2n) is 5.72. The lowest BCUT2D eigenvalue weighted by Gasteiger charge is -2.36. The summed E-state index contributed by atoms with van der Waals surface area (Å²) in [4.78, 5) is 23.2. The van der Waals surface area contributed by atoms with Gasteiger partial charge in [0.15, 0.2) is 5.65 Å². The van der Waals surface area contributed by atoms with Crippen molar-refractivity contribution in [1.82, 2.24) is 29.8 Å². The van der Waals surface area contributed by atoms with Crippen LogP contribution in [0.15, 0.2) is 47.7 Å². The lowest BCUT2D eigenvalue weighted by Crippen LogP contribution is -2.45. The van der Waals surface area contributed by atoms with Crippen molar-refractivity contribution in [1.29, 1.82) is 0 Å². The molecule has 1 unspecified atom stereocenters. The van der Waals surface area contributed by atoms with E-state index in [9.17, 15) is 4.79 Å². The van der Waals surface area contributed by atoms with Crippen LogP contribution in [0.2, 0.25) is 0 Å². The number of rotatable bonds is 3. The average Bonchev–Trinajstić information content (AvgIpc) is 3.05. The van der Waals surface area contributed by atoms with E-state index in [-0.39, 0.29) is 11.6 Å². The standard InChI is InChI=1S/C16H18N6O/c23-16-8-13(20-15-3-5-19-22(15)16)11-21-7-6-18-10-14(21)12-2-1-4-17-9-12/h1-5,8-9,14,18-19H,6-7,10-11H2. The molecular weight excluding hydrogens is 292 g/mol. The van der Waals surface area contributed by atoms with Gasteiger partial charge < -0.3 is 5.32 Å². The third-order valence-electron chi connectivity index (χ3n) is 4.22. The van der Waals surface area contributed by atoms with Crippen LogP contribution in [-0.2, 0) is 6.54 Å². The molecule has 3 aromatic heterocycles. The summed E-state index contributed by atoms with van der Waals surface area (Å²) in [6.45, 7) is 3.37. The molecule has 2 N–H and O–H groups in total. The SMILES string of the molecule is O=c1cc(CN2CCNCC2c2cccnc2)nc2cc[nH]n12. The number of nitrogens with zero attached hydrogens (tertiary/aromatic N) is 4. The molecule has 4 rings (SSSR count). The summed E-state index contributed by atoms with van der Waals surface area (Å²) in [7, 11) is 0. The zero-order valence-electron chi connectivity index (χ0n) is 12.6. The van der Waals surface area contributed by atoms with Crippen LogP contribution in [-0.4, -0.2) is 44.1 Å². The topological polar surface area (TPSA) is 78.3 Å². The van der Waals surface area contributed by atoms with E-state index < -0.39 is 0 Å². The highest BCUT2D eigenvalue weighted by atomic mass is 16.1. The number of piperazine rings is 1. The molecule has 0 saturated carbocycles. The van der Waals surface area contributed by atoms with Crippen molar-refractivity contribution >= 4 is 5.65 Å². The van der Waals surface area contributed by atoms with Crippen molar-refractivity contribution in [3.05, 3.63) is 64.5 Å². The van der Waals surface area contributed by atoms with Crippen LogP contribution in [0, 0.1) is 0 Å². The Bertz CT molecular complexity index is 856. The Hall–Kier alpha value is -2.51. The maximum atomic E-state index is 12.1. The molecule has 0 spiro atoms. The van der Waals surface area contributed by atoms with Gasteiger partial charge in [-0.05, 0) is 11.6 Å². The third-order valence-corrected chi connectivity index (χ3v) is 4.22. The van der Waals surface area contributed by atoms with Crippen LogP contribution in [0.25, 0.3) is 5.65 Å². The highest BCUT2D eigenvalue weighted by Gasteiger charge is 2.24. The minimum Gasteiger partial charge on any atom is -0.314 e. The maximum absolute atomic E-state index is 12.1. The van der Waals surface area contributed by atoms with Crippen molar-refractivity contribution in [2.75, 3.05) is 19.6 Å². The van der Waals surface area contributed by atoms with E-state index in [1.807, 2.05) is 12.3 Å². The Morgan fingerprint density at radius 1 is 1.35 bits per heavy atom. The van der Waals surface area contributed by atoms with Crippen molar-refractivity contribution < 1.29 is 0 Å². The fraction of sp³-hybridized carbons (Fsp3) is 0.312. The lowest BCUT2D eigenvalue weighted by molar-refractivity contribution is 0.151. The number of nitrogens with one attached hydrogen (secondary N) is 2. The zero-order chi connectivity index (χ0) is 15.6. The molecular formula is C16H18N6O. The first-order valence-electron chi connectivity index (χ1n) is 7.72. The fourth-order valence-electron chi connectivity index (χ4n) is 3.10. The largest absolute Gasteiger partial charge is 0.314 e. The minimum atomic E-state index is -0.0805. The highest BCUT2D eigenvalue weighted by Crippen LogP contribution is 2.22. The molecule has 3 aromatic rings. The highest BCUT2D eigenvalue weighted by molar-refractivity contribution is 5.36. The first kappa shape index (κ1) is 14.1. The summed E-state index contributed by atoms with van der Waals surface area (Å²) >= 11 is 0. The van der Waals surface area contributed by atoms with E-state index in [1.165, 1.54) is 10.1 Å². The summed E-state index contributed by atoms with van der Waals surface area (Å²) in [5, 5.41) is 6.29. The summed E-state index contributed by atoms with van der Waals surface area (Å²) in [5.41, 5.74) is 2.55. The number of pyridine rings is 1. The van der Waals surface area contributed by atoms with Crippen LogP contribution in [0.3, 0.4) is 0 Å². The minimum absolute atomic E-state index is 0.0805. The molecule has 1 fully saturated rings. The Morgan fingerprint density at radius 2 is 2.30 bits per heavy atom. The Labute approximate surface area is 133 Å². The molecule has 0 aliphatic carbocycles. The van der Waals surface area contributed by atoms with Crippen LogP contribution >= 0.6 is 0 Å². The van der Waals surface area contributed by atoms with Gasteiger partial charge in [-0.15, -0.1) is 0 Å².